The van der Waals surface area contributed by atoms with Crippen LogP contribution in [0.15, 0.2) is 36.5 Å². The highest BCUT2D eigenvalue weighted by Gasteiger charge is 2.12. The van der Waals surface area contributed by atoms with Crippen LogP contribution in [-0.4, -0.2) is 61.1 Å². The number of anilines is 1. The summed E-state index contributed by atoms with van der Waals surface area (Å²) >= 11 is 0. The van der Waals surface area contributed by atoms with Crippen molar-refractivity contribution in [2.75, 3.05) is 51.6 Å². The van der Waals surface area contributed by atoms with Gasteiger partial charge in [0, 0.05) is 50.0 Å². The van der Waals surface area contributed by atoms with E-state index in [1.165, 1.54) is 50.2 Å². The van der Waals surface area contributed by atoms with E-state index in [2.05, 4.69) is 51.4 Å². The first kappa shape index (κ1) is 14.3. The van der Waals surface area contributed by atoms with Crippen LogP contribution >= 0.6 is 0 Å². The monoisotopic (exact) mass is 284 g/mol. The van der Waals surface area contributed by atoms with Gasteiger partial charge in [-0.2, -0.15) is 0 Å². The first-order valence-corrected chi connectivity index (χ1v) is 7.81. The molecule has 0 bridgehead atoms. The predicted octanol–water partition coefficient (Wildman–Crippen LogP) is 2.28. The predicted molar refractivity (Wildman–Crippen MR) is 88.8 cm³/mol. The van der Waals surface area contributed by atoms with Gasteiger partial charge < -0.3 is 15.1 Å². The van der Waals surface area contributed by atoms with Gasteiger partial charge in [-0.25, -0.2) is 0 Å². The van der Waals surface area contributed by atoms with Crippen LogP contribution in [0.4, 0.5) is 5.69 Å². The largest absolute Gasteiger partial charge is 0.384 e. The Balaban J connectivity index is 1.48. The van der Waals surface area contributed by atoms with Crippen LogP contribution in [0.3, 0.4) is 0 Å². The molecule has 112 valence electrons. The van der Waals surface area contributed by atoms with Gasteiger partial charge in [-0.3, -0.25) is 4.98 Å². The van der Waals surface area contributed by atoms with Crippen molar-refractivity contribution in [2.24, 2.45) is 0 Å². The molecule has 2 aromatic rings. The first-order valence-electron chi connectivity index (χ1n) is 7.81. The molecule has 1 saturated heterocycles. The van der Waals surface area contributed by atoms with Gasteiger partial charge in [-0.15, -0.1) is 0 Å². The van der Waals surface area contributed by atoms with Gasteiger partial charge in [0.05, 0.1) is 5.52 Å². The Morgan fingerprint density at radius 1 is 1.10 bits per heavy atom. The Bertz CT molecular complexity index is 571. The van der Waals surface area contributed by atoms with Crippen LogP contribution in [0.5, 0.6) is 0 Å². The van der Waals surface area contributed by atoms with Gasteiger partial charge in [0.1, 0.15) is 0 Å². The van der Waals surface area contributed by atoms with Gasteiger partial charge >= 0.3 is 0 Å². The molecule has 21 heavy (non-hydrogen) atoms. The molecule has 0 saturated carbocycles. The smallest absolute Gasteiger partial charge is 0.0722 e. The van der Waals surface area contributed by atoms with Gasteiger partial charge in [0.25, 0.3) is 0 Å². The molecule has 1 N–H and O–H groups in total. The van der Waals surface area contributed by atoms with E-state index in [-0.39, 0.29) is 0 Å². The molecule has 0 amide bonds. The normalized spacial score (nSPS) is 17.2. The van der Waals surface area contributed by atoms with Crippen molar-refractivity contribution in [1.29, 1.82) is 0 Å². The number of hydrogen-bond acceptors (Lipinski definition) is 4. The molecule has 4 heteroatoms. The Morgan fingerprint density at radius 2 is 1.90 bits per heavy atom. The van der Waals surface area contributed by atoms with Crippen molar-refractivity contribution in [3.63, 3.8) is 0 Å². The number of aromatic nitrogens is 1. The van der Waals surface area contributed by atoms with Crippen LogP contribution < -0.4 is 5.32 Å². The zero-order chi connectivity index (χ0) is 14.5. The Hall–Kier alpha value is -1.65. The molecule has 3 rings (SSSR count). The number of hydrogen-bond donors (Lipinski definition) is 1. The third kappa shape index (κ3) is 3.71. The quantitative estimate of drug-likeness (QED) is 0.854. The van der Waals surface area contributed by atoms with Crippen molar-refractivity contribution in [2.45, 2.75) is 6.42 Å². The minimum Gasteiger partial charge on any atom is -0.384 e. The van der Waals surface area contributed by atoms with E-state index in [0.29, 0.717) is 0 Å². The molecule has 0 spiro atoms. The highest BCUT2D eigenvalue weighted by molar-refractivity contribution is 5.90. The van der Waals surface area contributed by atoms with Gasteiger partial charge in [-0.05, 0) is 32.1 Å². The molecule has 0 unspecified atom stereocenters. The summed E-state index contributed by atoms with van der Waals surface area (Å²) in [5.74, 6) is 0. The van der Waals surface area contributed by atoms with Crippen molar-refractivity contribution in [3.8, 4) is 0 Å². The second kappa shape index (κ2) is 6.87. The molecular weight excluding hydrogens is 260 g/mol. The molecule has 2 heterocycles. The molecule has 1 aromatic heterocycles. The lowest BCUT2D eigenvalue weighted by Crippen LogP contribution is -2.44. The summed E-state index contributed by atoms with van der Waals surface area (Å²) in [4.78, 5) is 9.36. The topological polar surface area (TPSA) is 31.4 Å². The van der Waals surface area contributed by atoms with Crippen molar-refractivity contribution in [3.05, 3.63) is 36.5 Å². The van der Waals surface area contributed by atoms with Gasteiger partial charge in [0.15, 0.2) is 0 Å². The van der Waals surface area contributed by atoms with E-state index < -0.39 is 0 Å². The minimum absolute atomic E-state index is 1.01. The highest BCUT2D eigenvalue weighted by Crippen LogP contribution is 2.20. The summed E-state index contributed by atoms with van der Waals surface area (Å²) < 4.78 is 0. The van der Waals surface area contributed by atoms with Gasteiger partial charge in [-0.1, -0.05) is 18.2 Å². The summed E-state index contributed by atoms with van der Waals surface area (Å²) in [6, 6.07) is 10.4. The fourth-order valence-corrected chi connectivity index (χ4v) is 2.85. The second-order valence-electron chi connectivity index (χ2n) is 5.80. The Kier molecular flexibility index (Phi) is 4.68. The molecule has 1 aromatic carbocycles. The number of nitrogens with zero attached hydrogens (tertiary/aromatic N) is 3. The molecule has 1 aliphatic heterocycles. The number of likely N-dealkylation sites (N-methyl/N-ethyl adjacent to an activating group) is 1. The number of fused-ring (bicyclic) bond motifs is 1. The number of para-hydroxylation sites is 1. The van der Waals surface area contributed by atoms with Crippen LogP contribution in [0.1, 0.15) is 6.42 Å². The molecule has 4 nitrogen and oxygen atoms in total. The van der Waals surface area contributed by atoms with E-state index in [0.717, 1.165) is 12.1 Å². The molecular formula is C17H24N4. The van der Waals surface area contributed by atoms with Crippen molar-refractivity contribution in [1.82, 2.24) is 14.8 Å². The summed E-state index contributed by atoms with van der Waals surface area (Å²) in [7, 11) is 2.20. The lowest BCUT2D eigenvalue weighted by Gasteiger charge is -2.32. The summed E-state index contributed by atoms with van der Waals surface area (Å²) in [6.45, 7) is 7.00. The minimum atomic E-state index is 1.01. The van der Waals surface area contributed by atoms with Crippen LogP contribution in [-0.2, 0) is 0 Å². The Labute approximate surface area is 126 Å². The molecule has 0 atom stereocenters. The fraction of sp³-hybridized carbons (Fsp3) is 0.471. The average Bonchev–Trinajstić information content (AvgIpc) is 2.53. The average molecular weight is 284 g/mol. The maximum absolute atomic E-state index is 4.40. The number of nitrogens with one attached hydrogen (secondary N) is 1. The van der Waals surface area contributed by atoms with E-state index in [9.17, 15) is 0 Å². The van der Waals surface area contributed by atoms with E-state index in [1.807, 2.05) is 12.3 Å². The highest BCUT2D eigenvalue weighted by atomic mass is 15.2. The van der Waals surface area contributed by atoms with Gasteiger partial charge in [0.2, 0.25) is 0 Å². The van der Waals surface area contributed by atoms with E-state index >= 15 is 0 Å². The second-order valence-corrected chi connectivity index (χ2v) is 5.80. The van der Waals surface area contributed by atoms with E-state index in [4.69, 9.17) is 0 Å². The number of piperazine rings is 1. The number of benzene rings is 1. The lowest BCUT2D eigenvalue weighted by atomic mass is 10.2. The maximum atomic E-state index is 4.40. The summed E-state index contributed by atoms with van der Waals surface area (Å²) in [5.41, 5.74) is 2.25. The fourth-order valence-electron chi connectivity index (χ4n) is 2.85. The maximum Gasteiger partial charge on any atom is 0.0722 e. The summed E-state index contributed by atoms with van der Waals surface area (Å²) in [6.07, 6.45) is 3.06. The SMILES string of the molecule is CN1CCN(CCCNc2ccnc3ccccc23)CC1. The third-order valence-electron chi connectivity index (χ3n) is 4.21. The third-order valence-corrected chi connectivity index (χ3v) is 4.21. The van der Waals surface area contributed by atoms with Crippen LogP contribution in [0.2, 0.25) is 0 Å². The molecule has 1 aliphatic rings. The number of rotatable bonds is 5. The van der Waals surface area contributed by atoms with Crippen LogP contribution in [0.25, 0.3) is 10.9 Å². The standard InChI is InChI=1S/C17H24N4/c1-20-11-13-21(14-12-20)10-4-8-18-17-7-9-19-16-6-3-2-5-15(16)17/h2-3,5-7,9H,4,8,10-14H2,1H3,(H,18,19). The van der Waals surface area contributed by atoms with Crippen molar-refractivity contribution >= 4 is 16.6 Å². The number of pyridine rings is 1. The van der Waals surface area contributed by atoms with Crippen molar-refractivity contribution < 1.29 is 0 Å². The zero-order valence-corrected chi connectivity index (χ0v) is 12.8. The first-order chi connectivity index (χ1) is 10.3. The lowest BCUT2D eigenvalue weighted by molar-refractivity contribution is 0.154. The Morgan fingerprint density at radius 3 is 2.76 bits per heavy atom. The summed E-state index contributed by atoms with van der Waals surface area (Å²) in [5, 5.41) is 4.77. The molecule has 0 aliphatic carbocycles. The van der Waals surface area contributed by atoms with Crippen LogP contribution in [0, 0.1) is 0 Å². The molecule has 1 fully saturated rings. The molecule has 0 radical (unpaired) electrons. The zero-order valence-electron chi connectivity index (χ0n) is 12.8. The van der Waals surface area contributed by atoms with E-state index in [1.54, 1.807) is 0 Å².